The van der Waals surface area contributed by atoms with Crippen LogP contribution in [0.15, 0.2) is 53.8 Å². The normalized spacial score (nSPS) is 19.1. The van der Waals surface area contributed by atoms with Crippen molar-refractivity contribution in [3.8, 4) is 17.2 Å². The summed E-state index contributed by atoms with van der Waals surface area (Å²) < 4.78 is 16.6. The quantitative estimate of drug-likeness (QED) is 0.643. The number of hydrogen-bond acceptors (Lipinski definition) is 7. The SMILES string of the molecule is COc1c(O)ccc2c1OC1=C(C=CC(=O)C1OC)C2c1ccc(C(=O)O)cc1C(=O)O. The largest absolute Gasteiger partial charge is 0.504 e. The highest BCUT2D eigenvalue weighted by atomic mass is 16.6. The highest BCUT2D eigenvalue weighted by Crippen LogP contribution is 2.52. The van der Waals surface area contributed by atoms with Crippen molar-refractivity contribution in [3.63, 3.8) is 0 Å². The zero-order chi connectivity index (χ0) is 23.2. The lowest BCUT2D eigenvalue weighted by atomic mass is 9.77. The molecule has 1 heterocycles. The number of phenols is 1. The maximum absolute atomic E-state index is 12.4. The van der Waals surface area contributed by atoms with Crippen LogP contribution >= 0.6 is 0 Å². The predicted molar refractivity (Wildman–Crippen MR) is 109 cm³/mol. The van der Waals surface area contributed by atoms with Gasteiger partial charge in [-0.15, -0.1) is 0 Å². The van der Waals surface area contributed by atoms with Crippen molar-refractivity contribution in [2.45, 2.75) is 12.0 Å². The molecule has 1 aliphatic heterocycles. The molecule has 0 saturated heterocycles. The molecule has 32 heavy (non-hydrogen) atoms. The van der Waals surface area contributed by atoms with E-state index in [2.05, 4.69) is 0 Å². The van der Waals surface area contributed by atoms with Crippen LogP contribution in [-0.2, 0) is 9.53 Å². The fourth-order valence-corrected chi connectivity index (χ4v) is 4.03. The lowest BCUT2D eigenvalue weighted by molar-refractivity contribution is -0.123. The highest BCUT2D eigenvalue weighted by Gasteiger charge is 2.41. The first-order valence-electron chi connectivity index (χ1n) is 9.45. The molecular formula is C23H18O9. The standard InChI is InChI=1S/C23H18O9/c1-30-20-15(24)7-5-12-17(11-4-3-10(22(26)27)9-14(11)23(28)29)13-6-8-16(25)21(31-2)19(13)32-18(12)20/h3-9,17,20,25H,1-2H3,(H,26,27)(H,28,29). The molecule has 2 aromatic carbocycles. The summed E-state index contributed by atoms with van der Waals surface area (Å²) in [7, 11) is 2.67. The van der Waals surface area contributed by atoms with Gasteiger partial charge in [-0.05, 0) is 29.8 Å². The van der Waals surface area contributed by atoms with E-state index in [0.29, 0.717) is 11.1 Å². The minimum atomic E-state index is -1.32. The Morgan fingerprint density at radius 1 is 1.00 bits per heavy atom. The van der Waals surface area contributed by atoms with Gasteiger partial charge in [0, 0.05) is 24.2 Å². The van der Waals surface area contributed by atoms with Gasteiger partial charge in [0.1, 0.15) is 5.76 Å². The summed E-state index contributed by atoms with van der Waals surface area (Å²) in [6.07, 6.45) is 1.76. The molecule has 0 saturated carbocycles. The van der Waals surface area contributed by atoms with Gasteiger partial charge in [0.25, 0.3) is 0 Å². The van der Waals surface area contributed by atoms with Crippen LogP contribution in [0.4, 0.5) is 0 Å². The fraction of sp³-hybridized carbons (Fsp3) is 0.174. The molecule has 4 rings (SSSR count). The Morgan fingerprint density at radius 2 is 1.72 bits per heavy atom. The van der Waals surface area contributed by atoms with Gasteiger partial charge in [0.05, 0.1) is 18.2 Å². The number of allylic oxidation sites excluding steroid dienone is 2. The number of phenolic OH excluding ortho intramolecular Hbond substituents is 1. The van der Waals surface area contributed by atoms with Crippen molar-refractivity contribution in [2.24, 2.45) is 0 Å². The minimum absolute atomic E-state index is 0.00920. The smallest absolute Gasteiger partial charge is 0.336 e. The van der Waals surface area contributed by atoms with Crippen LogP contribution in [0, 0.1) is 0 Å². The van der Waals surface area contributed by atoms with Crippen molar-refractivity contribution in [1.29, 1.82) is 0 Å². The zero-order valence-corrected chi connectivity index (χ0v) is 17.0. The van der Waals surface area contributed by atoms with E-state index in [1.54, 1.807) is 6.07 Å². The van der Waals surface area contributed by atoms with Crippen molar-refractivity contribution in [2.75, 3.05) is 14.2 Å². The molecule has 2 atom stereocenters. The van der Waals surface area contributed by atoms with Crippen LogP contribution < -0.4 is 9.47 Å². The topological polar surface area (TPSA) is 140 Å². The number of fused-ring (bicyclic) bond motifs is 1. The van der Waals surface area contributed by atoms with Gasteiger partial charge in [-0.25, -0.2) is 9.59 Å². The summed E-state index contributed by atoms with van der Waals surface area (Å²) in [5, 5.41) is 29.4. The van der Waals surface area contributed by atoms with Gasteiger partial charge in [-0.3, -0.25) is 4.79 Å². The zero-order valence-electron chi connectivity index (χ0n) is 17.0. The minimum Gasteiger partial charge on any atom is -0.504 e. The average Bonchev–Trinajstić information content (AvgIpc) is 2.77. The average molecular weight is 438 g/mol. The first kappa shape index (κ1) is 21.1. The number of benzene rings is 2. The van der Waals surface area contributed by atoms with Gasteiger partial charge >= 0.3 is 11.9 Å². The molecule has 2 aliphatic rings. The second kappa shape index (κ2) is 7.86. The number of ketones is 1. The molecule has 2 aromatic rings. The molecular weight excluding hydrogens is 420 g/mol. The predicted octanol–water partition coefficient (Wildman–Crippen LogP) is 2.73. The lowest BCUT2D eigenvalue weighted by Gasteiger charge is -2.35. The molecule has 0 spiro atoms. The molecule has 164 valence electrons. The lowest BCUT2D eigenvalue weighted by Crippen LogP contribution is -2.34. The van der Waals surface area contributed by atoms with Crippen LogP contribution in [0.2, 0.25) is 0 Å². The number of ether oxygens (including phenoxy) is 3. The number of methoxy groups -OCH3 is 2. The number of carboxylic acids is 2. The van der Waals surface area contributed by atoms with Crippen LogP contribution in [0.25, 0.3) is 0 Å². The van der Waals surface area contributed by atoms with Crippen molar-refractivity contribution in [1.82, 2.24) is 0 Å². The van der Waals surface area contributed by atoms with Gasteiger partial charge in [0.2, 0.25) is 5.75 Å². The molecule has 0 fully saturated rings. The molecule has 0 aromatic heterocycles. The second-order valence-electron chi connectivity index (χ2n) is 7.15. The molecule has 9 heteroatoms. The molecule has 3 N–H and O–H groups in total. The molecule has 1 aliphatic carbocycles. The summed E-state index contributed by atoms with van der Waals surface area (Å²) in [5.41, 5.74) is 0.821. The van der Waals surface area contributed by atoms with E-state index in [1.807, 2.05) is 0 Å². The number of carbonyl (C=O) groups is 3. The maximum atomic E-state index is 12.4. The Hall–Kier alpha value is -4.11. The van der Waals surface area contributed by atoms with Crippen molar-refractivity contribution < 1.29 is 43.9 Å². The number of carboxylic acid groups (broad SMARTS) is 2. The number of aromatic hydroxyl groups is 1. The van der Waals surface area contributed by atoms with E-state index in [9.17, 15) is 29.7 Å². The highest BCUT2D eigenvalue weighted by molar-refractivity contribution is 5.99. The van der Waals surface area contributed by atoms with Crippen molar-refractivity contribution in [3.05, 3.63) is 76.1 Å². The molecule has 2 unspecified atom stereocenters. The van der Waals surface area contributed by atoms with Gasteiger partial charge in [0.15, 0.2) is 23.4 Å². The third-order valence-corrected chi connectivity index (χ3v) is 5.45. The van der Waals surface area contributed by atoms with Crippen LogP contribution in [0.3, 0.4) is 0 Å². The first-order chi connectivity index (χ1) is 15.3. The van der Waals surface area contributed by atoms with E-state index in [-0.39, 0.29) is 45.5 Å². The maximum Gasteiger partial charge on any atom is 0.336 e. The van der Waals surface area contributed by atoms with Gasteiger partial charge < -0.3 is 29.5 Å². The third kappa shape index (κ3) is 3.19. The van der Waals surface area contributed by atoms with Gasteiger partial charge in [-0.2, -0.15) is 0 Å². The summed E-state index contributed by atoms with van der Waals surface area (Å²) in [4.78, 5) is 35.8. The summed E-state index contributed by atoms with van der Waals surface area (Å²) in [5.74, 6) is -3.66. The molecule has 0 bridgehead atoms. The fourth-order valence-electron chi connectivity index (χ4n) is 4.03. The Kier molecular flexibility index (Phi) is 5.19. The van der Waals surface area contributed by atoms with E-state index in [0.717, 1.165) is 6.07 Å². The van der Waals surface area contributed by atoms with Crippen LogP contribution in [0.5, 0.6) is 17.2 Å². The van der Waals surface area contributed by atoms with Crippen molar-refractivity contribution >= 4 is 17.7 Å². The summed E-state index contributed by atoms with van der Waals surface area (Å²) in [6.45, 7) is 0. The van der Waals surface area contributed by atoms with E-state index in [1.165, 1.54) is 44.6 Å². The molecule has 0 radical (unpaired) electrons. The first-order valence-corrected chi connectivity index (χ1v) is 9.45. The molecule has 0 amide bonds. The Morgan fingerprint density at radius 3 is 2.34 bits per heavy atom. The molecule has 9 nitrogen and oxygen atoms in total. The number of carbonyl (C=O) groups excluding carboxylic acids is 1. The van der Waals surface area contributed by atoms with Gasteiger partial charge in [-0.1, -0.05) is 18.2 Å². The Labute approximate surface area is 181 Å². The monoisotopic (exact) mass is 438 g/mol. The van der Waals surface area contributed by atoms with Crippen LogP contribution in [0.1, 0.15) is 37.8 Å². The Bertz CT molecular complexity index is 1220. The third-order valence-electron chi connectivity index (χ3n) is 5.45. The summed E-state index contributed by atoms with van der Waals surface area (Å²) in [6, 6.07) is 6.76. The number of rotatable bonds is 5. The van der Waals surface area contributed by atoms with E-state index in [4.69, 9.17) is 14.2 Å². The van der Waals surface area contributed by atoms with Crippen LogP contribution in [-0.4, -0.2) is 53.4 Å². The van der Waals surface area contributed by atoms with E-state index >= 15 is 0 Å². The number of aromatic carboxylic acids is 2. The number of hydrogen-bond donors (Lipinski definition) is 3. The second-order valence-corrected chi connectivity index (χ2v) is 7.15. The summed E-state index contributed by atoms with van der Waals surface area (Å²) >= 11 is 0. The Balaban J connectivity index is 2.05. The van der Waals surface area contributed by atoms with E-state index < -0.39 is 24.0 Å².